The molecule has 0 spiro atoms. The smallest absolute Gasteiger partial charge is 0.122 e. The Bertz CT molecular complexity index is 309. The molecule has 1 aromatic carbocycles. The predicted octanol–water partition coefficient (Wildman–Crippen LogP) is 4.41. The second kappa shape index (κ2) is 6.85. The van der Waals surface area contributed by atoms with Crippen LogP contribution in [0.3, 0.4) is 0 Å². The summed E-state index contributed by atoms with van der Waals surface area (Å²) >= 11 is 1.90. The number of rotatable bonds is 6. The Balaban J connectivity index is 2.84. The summed E-state index contributed by atoms with van der Waals surface area (Å²) < 4.78 is 0. The van der Waals surface area contributed by atoms with Crippen LogP contribution >= 0.6 is 11.8 Å². The molecule has 1 rings (SSSR count). The van der Waals surface area contributed by atoms with E-state index in [0.717, 1.165) is 24.0 Å². The molecule has 0 amide bonds. The highest BCUT2D eigenvalue weighted by molar-refractivity contribution is 7.99. The Morgan fingerprint density at radius 1 is 1.06 bits per heavy atom. The van der Waals surface area contributed by atoms with Crippen molar-refractivity contribution in [1.82, 2.24) is 0 Å². The molecule has 2 heteroatoms. The highest BCUT2D eigenvalue weighted by atomic mass is 32.2. The second-order valence-corrected chi connectivity index (χ2v) is 5.17. The number of phenolic OH excluding ortho intramolecular Hbond substituents is 1. The average Bonchev–Trinajstić information content (AvgIpc) is 2.31. The molecule has 1 nitrogen and oxygen atoms in total. The van der Waals surface area contributed by atoms with Gasteiger partial charge in [-0.3, -0.25) is 0 Å². The molecule has 0 aromatic heterocycles. The van der Waals surface area contributed by atoms with E-state index < -0.39 is 0 Å². The maximum atomic E-state index is 9.98. The molecule has 0 fully saturated rings. The molecule has 0 aliphatic rings. The molecule has 0 bridgehead atoms. The van der Waals surface area contributed by atoms with Crippen molar-refractivity contribution < 1.29 is 5.11 Å². The van der Waals surface area contributed by atoms with Gasteiger partial charge in [0, 0.05) is 4.90 Å². The Kier molecular flexibility index (Phi) is 5.75. The largest absolute Gasteiger partial charge is 0.507 e. The Hall–Kier alpha value is -0.630. The monoisotopic (exact) mass is 238 g/mol. The zero-order valence-electron chi connectivity index (χ0n) is 10.5. The minimum absolute atomic E-state index is 0.504. The van der Waals surface area contributed by atoms with Gasteiger partial charge in [0.05, 0.1) is 0 Å². The highest BCUT2D eigenvalue weighted by Gasteiger charge is 2.07. The third-order valence-electron chi connectivity index (χ3n) is 2.77. The number of benzene rings is 1. The molecule has 0 heterocycles. The zero-order chi connectivity index (χ0) is 12.0. The van der Waals surface area contributed by atoms with Gasteiger partial charge in [-0.2, -0.15) is 0 Å². The van der Waals surface area contributed by atoms with Crippen LogP contribution in [0.4, 0.5) is 0 Å². The van der Waals surface area contributed by atoms with Gasteiger partial charge in [-0.25, -0.2) is 0 Å². The van der Waals surface area contributed by atoms with Crippen LogP contribution in [0.15, 0.2) is 17.0 Å². The van der Waals surface area contributed by atoms with Crippen LogP contribution in [0.25, 0.3) is 0 Å². The average molecular weight is 238 g/mol. The van der Waals surface area contributed by atoms with E-state index in [0.29, 0.717) is 5.75 Å². The molecule has 0 aliphatic heterocycles. The third-order valence-corrected chi connectivity index (χ3v) is 3.83. The van der Waals surface area contributed by atoms with E-state index in [-0.39, 0.29) is 0 Å². The summed E-state index contributed by atoms with van der Waals surface area (Å²) in [5, 5.41) is 9.98. The summed E-state index contributed by atoms with van der Waals surface area (Å²) in [5.74, 6) is 1.68. The van der Waals surface area contributed by atoms with E-state index in [1.807, 2.05) is 11.8 Å². The Labute approximate surface area is 103 Å². The van der Waals surface area contributed by atoms with E-state index >= 15 is 0 Å². The van der Waals surface area contributed by atoms with Crippen LogP contribution in [0, 0.1) is 0 Å². The predicted molar refractivity (Wildman–Crippen MR) is 72.5 cm³/mol. The quantitative estimate of drug-likeness (QED) is 0.585. The minimum Gasteiger partial charge on any atom is -0.507 e. The normalized spacial score (nSPS) is 10.7. The molecular formula is C14H22OS. The van der Waals surface area contributed by atoms with Crippen molar-refractivity contribution in [3.63, 3.8) is 0 Å². The third kappa shape index (κ3) is 3.44. The van der Waals surface area contributed by atoms with Gasteiger partial charge in [0.25, 0.3) is 0 Å². The van der Waals surface area contributed by atoms with Gasteiger partial charge in [-0.1, -0.05) is 27.2 Å². The second-order valence-electron chi connectivity index (χ2n) is 4.00. The van der Waals surface area contributed by atoms with Crippen molar-refractivity contribution >= 4 is 11.8 Å². The van der Waals surface area contributed by atoms with E-state index in [1.54, 1.807) is 0 Å². The number of phenols is 1. The lowest BCUT2D eigenvalue weighted by Crippen LogP contribution is -1.90. The lowest BCUT2D eigenvalue weighted by atomic mass is 10.1. The molecule has 16 heavy (non-hydrogen) atoms. The molecule has 1 aromatic rings. The van der Waals surface area contributed by atoms with Crippen molar-refractivity contribution in [2.45, 2.75) is 51.3 Å². The maximum Gasteiger partial charge on any atom is 0.122 e. The standard InChI is InChI=1S/C14H22OS/c1-4-7-8-16-13-9-11(5-2)14(15)12(6-3)10-13/h9-10,15H,4-8H2,1-3H3. The van der Waals surface area contributed by atoms with Crippen molar-refractivity contribution in [2.75, 3.05) is 5.75 Å². The number of aryl methyl sites for hydroxylation is 2. The first-order valence-electron chi connectivity index (χ1n) is 6.20. The lowest BCUT2D eigenvalue weighted by Gasteiger charge is -2.10. The van der Waals surface area contributed by atoms with E-state index in [1.165, 1.54) is 23.5 Å². The summed E-state index contributed by atoms with van der Waals surface area (Å²) in [6.07, 6.45) is 4.31. The molecule has 0 saturated heterocycles. The summed E-state index contributed by atoms with van der Waals surface area (Å²) in [7, 11) is 0. The number of hydrogen-bond acceptors (Lipinski definition) is 2. The van der Waals surface area contributed by atoms with E-state index in [9.17, 15) is 5.11 Å². The van der Waals surface area contributed by atoms with Gasteiger partial charge < -0.3 is 5.11 Å². The fourth-order valence-electron chi connectivity index (χ4n) is 1.68. The van der Waals surface area contributed by atoms with E-state index in [2.05, 4.69) is 32.9 Å². The number of aromatic hydroxyl groups is 1. The van der Waals surface area contributed by atoms with Crippen LogP contribution < -0.4 is 0 Å². The molecule has 0 atom stereocenters. The molecule has 0 saturated carbocycles. The summed E-state index contributed by atoms with van der Waals surface area (Å²) in [4.78, 5) is 1.31. The van der Waals surface area contributed by atoms with Crippen LogP contribution in [0.2, 0.25) is 0 Å². The Morgan fingerprint density at radius 2 is 1.62 bits per heavy atom. The van der Waals surface area contributed by atoms with Crippen LogP contribution in [-0.2, 0) is 12.8 Å². The van der Waals surface area contributed by atoms with Crippen molar-refractivity contribution in [3.8, 4) is 5.75 Å². The fraction of sp³-hybridized carbons (Fsp3) is 0.571. The molecule has 0 unspecified atom stereocenters. The van der Waals surface area contributed by atoms with Crippen molar-refractivity contribution in [1.29, 1.82) is 0 Å². The van der Waals surface area contributed by atoms with E-state index in [4.69, 9.17) is 0 Å². The van der Waals surface area contributed by atoms with Crippen LogP contribution in [0.5, 0.6) is 5.75 Å². The van der Waals surface area contributed by atoms with Gasteiger partial charge in [-0.15, -0.1) is 11.8 Å². The lowest BCUT2D eigenvalue weighted by molar-refractivity contribution is 0.461. The van der Waals surface area contributed by atoms with Gasteiger partial charge in [0.1, 0.15) is 5.75 Å². The number of unbranched alkanes of at least 4 members (excludes halogenated alkanes) is 1. The number of thioether (sulfide) groups is 1. The van der Waals surface area contributed by atoms with Gasteiger partial charge in [-0.05, 0) is 48.3 Å². The van der Waals surface area contributed by atoms with Gasteiger partial charge >= 0.3 is 0 Å². The van der Waals surface area contributed by atoms with Gasteiger partial charge in [0.2, 0.25) is 0 Å². The summed E-state index contributed by atoms with van der Waals surface area (Å²) in [6, 6.07) is 4.27. The molecular weight excluding hydrogens is 216 g/mol. The first kappa shape index (κ1) is 13.4. The first-order chi connectivity index (χ1) is 7.72. The van der Waals surface area contributed by atoms with Gasteiger partial charge in [0.15, 0.2) is 0 Å². The highest BCUT2D eigenvalue weighted by Crippen LogP contribution is 2.30. The fourth-order valence-corrected chi connectivity index (χ4v) is 2.80. The molecule has 0 radical (unpaired) electrons. The first-order valence-corrected chi connectivity index (χ1v) is 7.19. The summed E-state index contributed by atoms with van der Waals surface area (Å²) in [6.45, 7) is 6.40. The van der Waals surface area contributed by atoms with Crippen LogP contribution in [0.1, 0.15) is 44.7 Å². The van der Waals surface area contributed by atoms with Crippen molar-refractivity contribution in [2.24, 2.45) is 0 Å². The maximum absolute atomic E-state index is 9.98. The molecule has 0 aliphatic carbocycles. The molecule has 1 N–H and O–H groups in total. The SMILES string of the molecule is CCCCSc1cc(CC)c(O)c(CC)c1. The zero-order valence-corrected chi connectivity index (χ0v) is 11.4. The van der Waals surface area contributed by atoms with Crippen LogP contribution in [-0.4, -0.2) is 10.9 Å². The van der Waals surface area contributed by atoms with Crippen molar-refractivity contribution in [3.05, 3.63) is 23.3 Å². The molecule has 90 valence electrons. The Morgan fingerprint density at radius 3 is 2.06 bits per heavy atom. The minimum atomic E-state index is 0.504. The topological polar surface area (TPSA) is 20.2 Å². The number of hydrogen-bond donors (Lipinski definition) is 1. The summed E-state index contributed by atoms with van der Waals surface area (Å²) in [5.41, 5.74) is 2.16.